The van der Waals surface area contributed by atoms with Crippen molar-refractivity contribution in [3.05, 3.63) is 23.8 Å². The van der Waals surface area contributed by atoms with E-state index in [1.807, 2.05) is 0 Å². The first-order valence-corrected chi connectivity index (χ1v) is 6.86. The molecule has 0 unspecified atom stereocenters. The molecular weight excluding hydrogens is 256 g/mol. The Hall–Kier alpha value is -1.60. The fraction of sp³-hybridized carbons (Fsp3) is 0.364. The first-order valence-electron chi connectivity index (χ1n) is 5.31. The van der Waals surface area contributed by atoms with Gasteiger partial charge in [-0.3, -0.25) is 4.79 Å². The molecule has 1 rings (SSSR count). The van der Waals surface area contributed by atoms with E-state index < -0.39 is 10.0 Å². The third kappa shape index (κ3) is 4.01. The van der Waals surface area contributed by atoms with Crippen LogP contribution in [0.25, 0.3) is 0 Å². The Bertz CT molecular complexity index is 540. The predicted octanol–water partition coefficient (Wildman–Crippen LogP) is 0.157. The number of aryl methyl sites for hydroxylation is 1. The van der Waals surface area contributed by atoms with Gasteiger partial charge in [0.2, 0.25) is 15.9 Å². The van der Waals surface area contributed by atoms with E-state index >= 15 is 0 Å². The van der Waals surface area contributed by atoms with E-state index in [1.54, 1.807) is 14.0 Å². The third-order valence-electron chi connectivity index (χ3n) is 2.34. The van der Waals surface area contributed by atoms with Crippen LogP contribution in [0.4, 0.5) is 0 Å². The summed E-state index contributed by atoms with van der Waals surface area (Å²) in [7, 11) is -2.15. The summed E-state index contributed by atoms with van der Waals surface area (Å²) < 4.78 is 27.6. The van der Waals surface area contributed by atoms with Gasteiger partial charge in [-0.1, -0.05) is 0 Å². The van der Waals surface area contributed by atoms with Gasteiger partial charge in [0.25, 0.3) is 0 Å². The molecule has 0 saturated carbocycles. The maximum absolute atomic E-state index is 11.1. The highest BCUT2D eigenvalue weighted by molar-refractivity contribution is 7.89. The highest BCUT2D eigenvalue weighted by atomic mass is 32.2. The van der Waals surface area contributed by atoms with Gasteiger partial charge in [-0.05, 0) is 30.7 Å². The second-order valence-corrected chi connectivity index (χ2v) is 5.31. The van der Waals surface area contributed by atoms with Crippen LogP contribution < -0.4 is 15.2 Å². The summed E-state index contributed by atoms with van der Waals surface area (Å²) in [5.74, 6) is 0.417. The van der Waals surface area contributed by atoms with Crippen molar-refractivity contribution < 1.29 is 17.9 Å². The smallest absolute Gasteiger partial charge is 0.238 e. The van der Waals surface area contributed by atoms with E-state index in [2.05, 4.69) is 5.32 Å². The quantitative estimate of drug-likeness (QED) is 0.797. The second-order valence-electron chi connectivity index (χ2n) is 3.74. The van der Waals surface area contributed by atoms with E-state index in [4.69, 9.17) is 9.88 Å². The number of ether oxygens (including phenoxy) is 1. The number of hydrogen-bond donors (Lipinski definition) is 2. The SMILES string of the molecule is CNC(=O)CCOc1ccc(S(N)(=O)=O)cc1C. The van der Waals surface area contributed by atoms with Crippen molar-refractivity contribution >= 4 is 15.9 Å². The molecule has 0 radical (unpaired) electrons. The molecule has 0 fully saturated rings. The van der Waals surface area contributed by atoms with Crippen LogP contribution in [0.3, 0.4) is 0 Å². The summed E-state index contributed by atoms with van der Waals surface area (Å²) in [5, 5.41) is 7.49. The first kappa shape index (κ1) is 14.5. The Kier molecular flexibility index (Phi) is 4.69. The minimum atomic E-state index is -3.70. The average Bonchev–Trinajstić information content (AvgIpc) is 2.29. The summed E-state index contributed by atoms with van der Waals surface area (Å²) in [6.45, 7) is 1.94. The number of sulfonamides is 1. The zero-order chi connectivity index (χ0) is 13.8. The number of primary sulfonamides is 1. The minimum absolute atomic E-state index is 0.0404. The molecule has 6 nitrogen and oxygen atoms in total. The normalized spacial score (nSPS) is 11.1. The number of nitrogens with two attached hydrogens (primary N) is 1. The molecule has 0 aliphatic heterocycles. The zero-order valence-corrected chi connectivity index (χ0v) is 11.1. The van der Waals surface area contributed by atoms with Crippen LogP contribution >= 0.6 is 0 Å². The monoisotopic (exact) mass is 272 g/mol. The lowest BCUT2D eigenvalue weighted by Crippen LogP contribution is -2.20. The topological polar surface area (TPSA) is 98.5 Å². The number of nitrogens with one attached hydrogen (secondary N) is 1. The maximum atomic E-state index is 11.1. The van der Waals surface area contributed by atoms with Crippen LogP contribution in [-0.2, 0) is 14.8 Å². The molecule has 0 aliphatic rings. The Morgan fingerprint density at radius 3 is 2.61 bits per heavy atom. The third-order valence-corrected chi connectivity index (χ3v) is 3.25. The highest BCUT2D eigenvalue weighted by Gasteiger charge is 2.10. The van der Waals surface area contributed by atoms with Gasteiger partial charge >= 0.3 is 0 Å². The number of carbonyl (C=O) groups excluding carboxylic acids is 1. The van der Waals surface area contributed by atoms with Gasteiger partial charge < -0.3 is 10.1 Å². The van der Waals surface area contributed by atoms with E-state index in [-0.39, 0.29) is 23.8 Å². The predicted molar refractivity (Wildman–Crippen MR) is 66.7 cm³/mol. The largest absolute Gasteiger partial charge is 0.493 e. The van der Waals surface area contributed by atoms with Gasteiger partial charge in [0.05, 0.1) is 17.9 Å². The molecule has 1 aromatic rings. The lowest BCUT2D eigenvalue weighted by molar-refractivity contribution is -0.121. The van der Waals surface area contributed by atoms with Gasteiger partial charge in [-0.15, -0.1) is 0 Å². The van der Waals surface area contributed by atoms with Gasteiger partial charge in [0.1, 0.15) is 5.75 Å². The molecule has 0 heterocycles. The van der Waals surface area contributed by atoms with Gasteiger partial charge in [-0.25, -0.2) is 13.6 Å². The van der Waals surface area contributed by atoms with Crippen molar-refractivity contribution in [1.82, 2.24) is 5.32 Å². The van der Waals surface area contributed by atoms with E-state index in [1.165, 1.54) is 18.2 Å². The van der Waals surface area contributed by atoms with Crippen molar-refractivity contribution in [1.29, 1.82) is 0 Å². The molecule has 1 aromatic carbocycles. The van der Waals surface area contributed by atoms with Gasteiger partial charge in [-0.2, -0.15) is 0 Å². The molecule has 3 N–H and O–H groups in total. The summed E-state index contributed by atoms with van der Waals surface area (Å²) in [5.41, 5.74) is 0.651. The molecule has 0 aromatic heterocycles. The second kappa shape index (κ2) is 5.83. The van der Waals surface area contributed by atoms with Crippen molar-refractivity contribution in [2.45, 2.75) is 18.2 Å². The van der Waals surface area contributed by atoms with E-state index in [9.17, 15) is 13.2 Å². The molecule has 0 atom stereocenters. The van der Waals surface area contributed by atoms with Gasteiger partial charge in [0, 0.05) is 7.05 Å². The Morgan fingerprint density at radius 1 is 1.44 bits per heavy atom. The summed E-state index contributed by atoms with van der Waals surface area (Å²) in [6, 6.07) is 4.33. The highest BCUT2D eigenvalue weighted by Crippen LogP contribution is 2.21. The van der Waals surface area contributed by atoms with Crippen molar-refractivity contribution in [2.75, 3.05) is 13.7 Å². The molecule has 0 aliphatic carbocycles. The lowest BCUT2D eigenvalue weighted by Gasteiger charge is -2.09. The molecule has 0 bridgehead atoms. The van der Waals surface area contributed by atoms with Crippen molar-refractivity contribution in [2.24, 2.45) is 5.14 Å². The fourth-order valence-electron chi connectivity index (χ4n) is 1.34. The first-order chi connectivity index (χ1) is 8.34. The van der Waals surface area contributed by atoms with Crippen LogP contribution in [0, 0.1) is 6.92 Å². The van der Waals surface area contributed by atoms with Crippen LogP contribution in [0.1, 0.15) is 12.0 Å². The van der Waals surface area contributed by atoms with Crippen molar-refractivity contribution in [3.63, 3.8) is 0 Å². The molecule has 1 amide bonds. The molecule has 0 saturated heterocycles. The maximum Gasteiger partial charge on any atom is 0.238 e. The summed E-state index contributed by atoms with van der Waals surface area (Å²) in [6.07, 6.45) is 0.243. The molecule has 0 spiro atoms. The average molecular weight is 272 g/mol. The van der Waals surface area contributed by atoms with Crippen LogP contribution in [0.2, 0.25) is 0 Å². The number of benzene rings is 1. The number of rotatable bonds is 5. The standard InChI is InChI=1S/C11H16N2O4S/c1-8-7-9(18(12,15)16)3-4-10(8)17-6-5-11(14)13-2/h3-4,7H,5-6H2,1-2H3,(H,13,14)(H2,12,15,16). The minimum Gasteiger partial charge on any atom is -0.493 e. The Labute approximate surface area is 106 Å². The van der Waals surface area contributed by atoms with E-state index in [0.717, 1.165) is 0 Å². The van der Waals surface area contributed by atoms with Crippen molar-refractivity contribution in [3.8, 4) is 5.75 Å². The fourth-order valence-corrected chi connectivity index (χ4v) is 1.94. The molecule has 18 heavy (non-hydrogen) atoms. The van der Waals surface area contributed by atoms with E-state index in [0.29, 0.717) is 11.3 Å². The molecule has 100 valence electrons. The molecule has 7 heteroatoms. The summed E-state index contributed by atoms with van der Waals surface area (Å²) in [4.78, 5) is 11.0. The zero-order valence-electron chi connectivity index (χ0n) is 10.3. The van der Waals surface area contributed by atoms with Gasteiger partial charge in [0.15, 0.2) is 0 Å². The molecular formula is C11H16N2O4S. The lowest BCUT2D eigenvalue weighted by atomic mass is 10.2. The number of hydrogen-bond acceptors (Lipinski definition) is 4. The van der Waals surface area contributed by atoms with Crippen LogP contribution in [0.5, 0.6) is 5.75 Å². The Morgan fingerprint density at radius 2 is 2.11 bits per heavy atom. The number of carbonyl (C=O) groups is 1. The Balaban J connectivity index is 2.72. The summed E-state index contributed by atoms with van der Waals surface area (Å²) >= 11 is 0. The van der Waals surface area contributed by atoms with Crippen LogP contribution in [0.15, 0.2) is 23.1 Å². The van der Waals surface area contributed by atoms with Crippen LogP contribution in [-0.4, -0.2) is 28.0 Å². The number of amides is 1.